The Labute approximate surface area is 353 Å². The van der Waals surface area contributed by atoms with E-state index in [0.29, 0.717) is 49.1 Å². The van der Waals surface area contributed by atoms with E-state index in [9.17, 15) is 0 Å². The van der Waals surface area contributed by atoms with Gasteiger partial charge in [0.2, 0.25) is 0 Å². The topological polar surface area (TPSA) is 91.5 Å². The minimum absolute atomic E-state index is 0.0360. The van der Waals surface area contributed by atoms with E-state index in [0.717, 1.165) is 39.5 Å². The third-order valence-electron chi connectivity index (χ3n) is 13.6. The summed E-state index contributed by atoms with van der Waals surface area (Å²) >= 11 is 0. The largest absolute Gasteiger partial charge is 0.462 e. The molecule has 57 heavy (non-hydrogen) atoms. The summed E-state index contributed by atoms with van der Waals surface area (Å²) in [7, 11) is 31.8. The van der Waals surface area contributed by atoms with Crippen LogP contribution >= 0.6 is 0 Å². The van der Waals surface area contributed by atoms with E-state index in [4.69, 9.17) is 23.3 Å². The van der Waals surface area contributed by atoms with Gasteiger partial charge in [0.1, 0.15) is 0 Å². The van der Waals surface area contributed by atoms with Crippen molar-refractivity contribution in [1.82, 2.24) is 66.3 Å². The lowest BCUT2D eigenvalue weighted by Gasteiger charge is -2.52. The monoisotopic (exact) mass is 793 g/mol. The number of hydrogen-bond donors (Lipinski definition) is 0. The first kappa shape index (κ1) is 49.7. The molecule has 7 aliphatic rings. The first-order chi connectivity index (χ1) is 26.7. The molecule has 312 valence electrons. The van der Waals surface area contributed by atoms with E-state index in [2.05, 4.69) is 166 Å². The Morgan fingerprint density at radius 2 is 0.649 bits per heavy atom. The van der Waals surface area contributed by atoms with Gasteiger partial charge < -0.3 is 89.6 Å². The zero-order valence-electron chi connectivity index (χ0n) is 39.5. The molecule has 19 nitrogen and oxygen atoms in total. The van der Waals surface area contributed by atoms with Gasteiger partial charge in [0.05, 0.1) is 0 Å². The summed E-state index contributed by atoms with van der Waals surface area (Å²) in [5.74, 6) is 0. The highest BCUT2D eigenvalue weighted by Gasteiger charge is 2.62. The molecule has 0 N–H and O–H groups in total. The fourth-order valence-electron chi connectivity index (χ4n) is 9.55. The second kappa shape index (κ2) is 21.4. The van der Waals surface area contributed by atoms with Gasteiger partial charge in [-0.15, -0.1) is 0 Å². The van der Waals surface area contributed by atoms with Gasteiger partial charge in [0, 0.05) is 53.7 Å². The average molecular weight is 791 g/mol. The SMILES string of the molecule is C1CN2B(O1)N1CCOB1N1CCOB21.CB1N(C)B(C)N(C)B(C)N1C.CB1N(C)B(N(C)C)N(C)B(N(C)C)N1C.COB1N(C)B(C)N(C)B(OC)N1C. The molecule has 0 amide bonds. The van der Waals surface area contributed by atoms with Crippen LogP contribution in [0.1, 0.15) is 0 Å². The predicted octanol–water partition coefficient (Wildman–Crippen LogP) is -3.72. The van der Waals surface area contributed by atoms with Crippen LogP contribution in [0.3, 0.4) is 0 Å². The van der Waals surface area contributed by atoms with Crippen molar-refractivity contribution >= 4 is 85.1 Å². The number of nitrogens with zero attached hydrogens (tertiary/aromatic N) is 14. The quantitative estimate of drug-likeness (QED) is 0.262. The highest BCUT2D eigenvalue weighted by molar-refractivity contribution is 6.85. The van der Waals surface area contributed by atoms with Gasteiger partial charge in [-0.3, -0.25) is 0 Å². The van der Waals surface area contributed by atoms with Gasteiger partial charge in [-0.05, 0) is 91.6 Å². The van der Waals surface area contributed by atoms with Gasteiger partial charge in [0.25, 0.3) is 34.9 Å². The van der Waals surface area contributed by atoms with Crippen LogP contribution in [0.15, 0.2) is 0 Å². The van der Waals surface area contributed by atoms with Crippen molar-refractivity contribution in [1.29, 1.82) is 0 Å². The van der Waals surface area contributed by atoms with Crippen molar-refractivity contribution in [3.8, 4) is 0 Å². The van der Waals surface area contributed by atoms with Crippen molar-refractivity contribution < 1.29 is 23.3 Å². The number of hydrogen-bond acceptors (Lipinski definition) is 19. The predicted molar refractivity (Wildman–Crippen MR) is 248 cm³/mol. The highest BCUT2D eigenvalue weighted by atomic mass is 16.5. The minimum Gasteiger partial charge on any atom is -0.412 e. The van der Waals surface area contributed by atoms with Crippen LogP contribution in [0.5, 0.6) is 0 Å². The molecule has 0 aliphatic carbocycles. The molecule has 0 aromatic heterocycles. The molecule has 0 aromatic carbocycles. The van der Waals surface area contributed by atoms with E-state index in [-0.39, 0.29) is 35.9 Å². The number of rotatable bonds is 4. The Kier molecular flexibility index (Phi) is 18.6. The Morgan fingerprint density at radius 3 is 0.912 bits per heavy atom. The fraction of sp³-hybridized carbons (Fsp3) is 1.00. The lowest BCUT2D eigenvalue weighted by atomic mass is 9.46. The van der Waals surface area contributed by atoms with Gasteiger partial charge in [-0.25, -0.2) is 0 Å². The molecule has 7 saturated heterocycles. The smallest absolute Gasteiger partial charge is 0.412 e. The van der Waals surface area contributed by atoms with Crippen LogP contribution in [0.2, 0.25) is 34.1 Å². The van der Waals surface area contributed by atoms with Crippen molar-refractivity contribution in [2.75, 3.05) is 145 Å². The molecule has 7 rings (SSSR count). The molecule has 7 fully saturated rings. The van der Waals surface area contributed by atoms with Gasteiger partial charge in [-0.2, -0.15) is 0 Å². The molecule has 7 aliphatic heterocycles. The van der Waals surface area contributed by atoms with Gasteiger partial charge >= 0.3 is 50.2 Å². The summed E-state index contributed by atoms with van der Waals surface area (Å²) in [4.78, 5) is 4.50. The van der Waals surface area contributed by atoms with Gasteiger partial charge in [0.15, 0.2) is 0 Å². The minimum atomic E-state index is -0.0360. The van der Waals surface area contributed by atoms with Gasteiger partial charge in [-0.1, -0.05) is 34.1 Å². The maximum Gasteiger partial charge on any atom is 0.462 e. The molecule has 7 heterocycles. The molecular formula is C26H72B12N14O5. The first-order valence-corrected chi connectivity index (χ1v) is 20.7. The number of fused-ring (bicyclic) bond motifs is 6. The second-order valence-electron chi connectivity index (χ2n) is 17.2. The Balaban J connectivity index is 0.000000169. The Bertz CT molecular complexity index is 1070. The molecule has 0 unspecified atom stereocenters. The normalized spacial score (nSPS) is 25.2. The first-order valence-electron chi connectivity index (χ1n) is 20.7. The molecule has 0 bridgehead atoms. The third-order valence-corrected chi connectivity index (χ3v) is 13.6. The molecule has 0 aromatic rings. The molecule has 31 heteroatoms. The van der Waals surface area contributed by atoms with Crippen LogP contribution in [0, 0.1) is 0 Å². The van der Waals surface area contributed by atoms with Crippen LogP contribution in [-0.4, -0.2) is 297 Å². The Hall–Kier alpha value is 0.0192. The van der Waals surface area contributed by atoms with Crippen molar-refractivity contribution in [3.63, 3.8) is 0 Å². The van der Waals surface area contributed by atoms with E-state index < -0.39 is 0 Å². The van der Waals surface area contributed by atoms with E-state index in [1.807, 2.05) is 25.9 Å². The summed E-state index contributed by atoms with van der Waals surface area (Å²) in [6.07, 6.45) is 0. The summed E-state index contributed by atoms with van der Waals surface area (Å²) in [5, 5.41) is 0. The molecule has 0 saturated carbocycles. The lowest BCUT2D eigenvalue weighted by molar-refractivity contribution is 0.275. The van der Waals surface area contributed by atoms with Crippen LogP contribution in [0.4, 0.5) is 0 Å². The van der Waals surface area contributed by atoms with Crippen molar-refractivity contribution in [2.45, 2.75) is 34.1 Å². The molecule has 0 atom stereocenters. The fourth-order valence-corrected chi connectivity index (χ4v) is 9.55. The van der Waals surface area contributed by atoms with Crippen molar-refractivity contribution in [3.05, 3.63) is 0 Å². The second-order valence-corrected chi connectivity index (χ2v) is 17.2. The zero-order chi connectivity index (χ0) is 42.8. The molecule has 0 spiro atoms. The van der Waals surface area contributed by atoms with E-state index in [1.54, 1.807) is 14.2 Å². The summed E-state index contributed by atoms with van der Waals surface area (Å²) < 4.78 is 55.5. The maximum atomic E-state index is 5.74. The van der Waals surface area contributed by atoms with Crippen molar-refractivity contribution in [2.24, 2.45) is 0 Å². The summed E-state index contributed by atoms with van der Waals surface area (Å²) in [6.45, 7) is 18.7. The van der Waals surface area contributed by atoms with E-state index >= 15 is 0 Å². The summed E-state index contributed by atoms with van der Waals surface area (Å²) in [6, 6.07) is 0. The van der Waals surface area contributed by atoms with Crippen LogP contribution < -0.4 is 0 Å². The zero-order valence-corrected chi connectivity index (χ0v) is 39.5. The molecule has 0 radical (unpaired) electrons. The average Bonchev–Trinajstić information content (AvgIpc) is 3.96. The lowest BCUT2D eigenvalue weighted by Crippen LogP contribution is -2.80. The summed E-state index contributed by atoms with van der Waals surface area (Å²) in [5.41, 5.74) is 0. The standard InChI is InChI=1S/C8H24B3N5.C6H12B3N3O3.C6H18B3N3O2.C6H18B3N3/c1-9-14(6)10(12(2)3)16(8)11(13(4)5)15(9)7;1-4-13-7-10(1)8-12(2-5-14-8)9-11(7)3-6-15-9;1-7-10(2)8(13-5)12(4)9(14-6)11(7)3;1-7-10(4)8(2)12(6)9(3)11(7)5/h1-8H3;1-6H2;1-6H3;1-6H3. The van der Waals surface area contributed by atoms with Crippen LogP contribution in [0.25, 0.3) is 0 Å². The highest BCUT2D eigenvalue weighted by Crippen LogP contribution is 2.29. The maximum absolute atomic E-state index is 5.74. The third kappa shape index (κ3) is 10.3. The molecular weight excluding hydrogens is 718 g/mol. The Morgan fingerprint density at radius 1 is 0.386 bits per heavy atom. The van der Waals surface area contributed by atoms with Crippen LogP contribution in [-0.2, 0) is 23.3 Å². The van der Waals surface area contributed by atoms with E-state index in [1.165, 1.54) is 0 Å².